The van der Waals surface area contributed by atoms with Crippen LogP contribution < -0.4 is 0 Å². The Morgan fingerprint density at radius 1 is 1.42 bits per heavy atom. The summed E-state index contributed by atoms with van der Waals surface area (Å²) in [4.78, 5) is 22.6. The molecule has 1 atom stereocenters. The van der Waals surface area contributed by atoms with Gasteiger partial charge in [0, 0.05) is 12.3 Å². The quantitative estimate of drug-likeness (QED) is 0.594. The van der Waals surface area contributed by atoms with Crippen LogP contribution in [0.3, 0.4) is 0 Å². The van der Waals surface area contributed by atoms with Crippen LogP contribution in [0.15, 0.2) is 11.6 Å². The highest BCUT2D eigenvalue weighted by Gasteiger charge is 2.28. The molecule has 0 fully saturated rings. The van der Waals surface area contributed by atoms with E-state index in [9.17, 15) is 9.59 Å². The van der Waals surface area contributed by atoms with E-state index in [4.69, 9.17) is 0 Å². The van der Waals surface area contributed by atoms with Crippen molar-refractivity contribution in [1.29, 1.82) is 0 Å². The van der Waals surface area contributed by atoms with E-state index in [-0.39, 0.29) is 23.4 Å². The average Bonchev–Trinajstić information content (AvgIpc) is 1.96. The molecule has 0 amide bonds. The van der Waals surface area contributed by atoms with Gasteiger partial charge in [0.15, 0.2) is 11.6 Å². The Bertz CT molecular complexity index is 249. The lowest BCUT2D eigenvalue weighted by Crippen LogP contribution is -2.27. The first-order chi connectivity index (χ1) is 5.52. The predicted molar refractivity (Wildman–Crippen MR) is 46.7 cm³/mol. The van der Waals surface area contributed by atoms with Crippen LogP contribution in [0.1, 0.15) is 27.2 Å². The molecular formula is C10H14O2. The van der Waals surface area contributed by atoms with Gasteiger partial charge >= 0.3 is 0 Å². The first-order valence-corrected chi connectivity index (χ1v) is 4.27. The summed E-state index contributed by atoms with van der Waals surface area (Å²) in [5.74, 6) is 0.419. The zero-order chi connectivity index (χ0) is 9.30. The first-order valence-electron chi connectivity index (χ1n) is 4.27. The van der Waals surface area contributed by atoms with E-state index in [1.807, 2.05) is 13.8 Å². The molecule has 0 unspecified atom stereocenters. The smallest absolute Gasteiger partial charge is 0.159 e. The highest BCUT2D eigenvalue weighted by atomic mass is 16.1. The minimum atomic E-state index is -0.0822. The number of carbonyl (C=O) groups excluding carboxylic acids is 2. The number of Topliss-reactive ketones (excluding diaryl/α,β-unsaturated/α-hetero) is 1. The van der Waals surface area contributed by atoms with Crippen molar-refractivity contribution < 1.29 is 9.59 Å². The van der Waals surface area contributed by atoms with Gasteiger partial charge in [-0.2, -0.15) is 0 Å². The van der Waals surface area contributed by atoms with E-state index >= 15 is 0 Å². The molecule has 0 saturated heterocycles. The van der Waals surface area contributed by atoms with Gasteiger partial charge in [0.2, 0.25) is 0 Å². The van der Waals surface area contributed by atoms with E-state index in [0.29, 0.717) is 12.0 Å². The topological polar surface area (TPSA) is 34.1 Å². The Labute approximate surface area is 72.7 Å². The lowest BCUT2D eigenvalue weighted by atomic mass is 9.81. The van der Waals surface area contributed by atoms with E-state index in [2.05, 4.69) is 0 Å². The largest absolute Gasteiger partial charge is 0.295 e. The number of ketones is 2. The Hall–Kier alpha value is -0.920. The van der Waals surface area contributed by atoms with Crippen molar-refractivity contribution in [2.75, 3.05) is 0 Å². The van der Waals surface area contributed by atoms with Gasteiger partial charge in [0.05, 0.1) is 0 Å². The molecule has 0 aromatic heterocycles. The summed E-state index contributed by atoms with van der Waals surface area (Å²) in [6.07, 6.45) is 1.88. The normalized spacial score (nSPS) is 24.7. The van der Waals surface area contributed by atoms with Gasteiger partial charge in [-0.25, -0.2) is 0 Å². The van der Waals surface area contributed by atoms with Crippen molar-refractivity contribution in [3.63, 3.8) is 0 Å². The molecule has 66 valence electrons. The standard InChI is InChI=1S/C10H14O2/c1-6(2)8-5-9(11)7(3)4-10(8)12/h4,6,8H,5H2,1-3H3/t8-/m0/s1. The maximum absolute atomic E-state index is 11.4. The second-order valence-electron chi connectivity index (χ2n) is 3.71. The van der Waals surface area contributed by atoms with Crippen LogP contribution in [0.2, 0.25) is 0 Å². The molecule has 0 bridgehead atoms. The van der Waals surface area contributed by atoms with Crippen molar-refractivity contribution in [3.05, 3.63) is 11.6 Å². The van der Waals surface area contributed by atoms with E-state index in [1.54, 1.807) is 6.92 Å². The summed E-state index contributed by atoms with van der Waals surface area (Å²) < 4.78 is 0. The summed E-state index contributed by atoms with van der Waals surface area (Å²) in [5, 5.41) is 0. The minimum absolute atomic E-state index is 0.0822. The lowest BCUT2D eigenvalue weighted by molar-refractivity contribution is -0.126. The van der Waals surface area contributed by atoms with Crippen LogP contribution in [0, 0.1) is 11.8 Å². The van der Waals surface area contributed by atoms with Gasteiger partial charge in [-0.15, -0.1) is 0 Å². The Morgan fingerprint density at radius 2 is 2.00 bits per heavy atom. The van der Waals surface area contributed by atoms with Crippen LogP contribution in [-0.2, 0) is 9.59 Å². The fraction of sp³-hybridized carbons (Fsp3) is 0.600. The monoisotopic (exact) mass is 166 g/mol. The average molecular weight is 166 g/mol. The molecule has 0 aromatic rings. The third kappa shape index (κ3) is 1.63. The van der Waals surface area contributed by atoms with E-state index < -0.39 is 0 Å². The summed E-state index contributed by atoms with van der Waals surface area (Å²) in [5.41, 5.74) is 0.608. The molecule has 0 aliphatic heterocycles. The van der Waals surface area contributed by atoms with Gasteiger partial charge in [-0.1, -0.05) is 13.8 Å². The summed E-state index contributed by atoms with van der Waals surface area (Å²) in [6.45, 7) is 5.66. The van der Waals surface area contributed by atoms with Crippen LogP contribution in [-0.4, -0.2) is 11.6 Å². The summed E-state index contributed by atoms with van der Waals surface area (Å²) in [6, 6.07) is 0. The molecule has 0 aromatic carbocycles. The fourth-order valence-corrected chi connectivity index (χ4v) is 1.43. The van der Waals surface area contributed by atoms with Crippen molar-refractivity contribution in [2.45, 2.75) is 27.2 Å². The maximum Gasteiger partial charge on any atom is 0.159 e. The predicted octanol–water partition coefficient (Wildman–Crippen LogP) is 1.75. The van der Waals surface area contributed by atoms with Crippen molar-refractivity contribution >= 4 is 11.6 Å². The second-order valence-corrected chi connectivity index (χ2v) is 3.71. The first kappa shape index (κ1) is 9.17. The highest BCUT2D eigenvalue weighted by molar-refractivity contribution is 6.09. The van der Waals surface area contributed by atoms with Gasteiger partial charge in [0.1, 0.15) is 0 Å². The molecule has 2 heteroatoms. The number of hydrogen-bond acceptors (Lipinski definition) is 2. The molecule has 0 heterocycles. The Balaban J connectivity index is 2.87. The van der Waals surface area contributed by atoms with Gasteiger partial charge in [-0.3, -0.25) is 9.59 Å². The van der Waals surface area contributed by atoms with Crippen LogP contribution in [0.5, 0.6) is 0 Å². The highest BCUT2D eigenvalue weighted by Crippen LogP contribution is 2.23. The molecule has 0 spiro atoms. The second kappa shape index (κ2) is 3.21. The zero-order valence-corrected chi connectivity index (χ0v) is 7.76. The SMILES string of the molecule is CC1=CC(=O)[C@H](C(C)C)CC1=O. The van der Waals surface area contributed by atoms with Gasteiger partial charge < -0.3 is 0 Å². The minimum Gasteiger partial charge on any atom is -0.295 e. The number of hydrogen-bond donors (Lipinski definition) is 0. The number of rotatable bonds is 1. The number of allylic oxidation sites excluding steroid dienone is 2. The molecule has 12 heavy (non-hydrogen) atoms. The van der Waals surface area contributed by atoms with Crippen molar-refractivity contribution in [1.82, 2.24) is 0 Å². The summed E-state index contributed by atoms with van der Waals surface area (Å²) >= 11 is 0. The molecule has 2 nitrogen and oxygen atoms in total. The van der Waals surface area contributed by atoms with E-state index in [1.165, 1.54) is 6.08 Å². The molecule has 0 saturated carbocycles. The van der Waals surface area contributed by atoms with Crippen molar-refractivity contribution in [3.8, 4) is 0 Å². The van der Waals surface area contributed by atoms with Crippen LogP contribution >= 0.6 is 0 Å². The molecule has 0 N–H and O–H groups in total. The van der Waals surface area contributed by atoms with Gasteiger partial charge in [-0.05, 0) is 24.5 Å². The van der Waals surface area contributed by atoms with Crippen LogP contribution in [0.4, 0.5) is 0 Å². The molecular weight excluding hydrogens is 152 g/mol. The van der Waals surface area contributed by atoms with Gasteiger partial charge in [0.25, 0.3) is 0 Å². The van der Waals surface area contributed by atoms with Crippen LogP contribution in [0.25, 0.3) is 0 Å². The number of carbonyl (C=O) groups is 2. The maximum atomic E-state index is 11.4. The molecule has 1 aliphatic carbocycles. The molecule has 1 aliphatic rings. The lowest BCUT2D eigenvalue weighted by Gasteiger charge is -2.21. The third-order valence-corrected chi connectivity index (χ3v) is 2.37. The Kier molecular flexibility index (Phi) is 2.46. The fourth-order valence-electron chi connectivity index (χ4n) is 1.43. The van der Waals surface area contributed by atoms with Crippen molar-refractivity contribution in [2.24, 2.45) is 11.8 Å². The van der Waals surface area contributed by atoms with E-state index in [0.717, 1.165) is 0 Å². The summed E-state index contributed by atoms with van der Waals surface area (Å²) in [7, 11) is 0. The third-order valence-electron chi connectivity index (χ3n) is 2.37. The zero-order valence-electron chi connectivity index (χ0n) is 7.76. The molecule has 1 rings (SSSR count). The Morgan fingerprint density at radius 3 is 2.50 bits per heavy atom. The molecule has 0 radical (unpaired) electrons.